The molecule has 0 saturated heterocycles. The molecule has 1 amide bonds. The van der Waals surface area contributed by atoms with Crippen LogP contribution in [0.2, 0.25) is 5.02 Å². The van der Waals surface area contributed by atoms with Crippen LogP contribution in [0.15, 0.2) is 88.6 Å². The summed E-state index contributed by atoms with van der Waals surface area (Å²) in [5.41, 5.74) is 1.63. The molecular weight excluding hydrogens is 478 g/mol. The number of fused-ring (bicyclic) bond motifs is 1. The standard InChI is InChI=1S/C27H22ClN5O3/c1-17-23(27(36)33(31(17)2)21-8-4-3-5-9-21)30-25(34)22-15-19-7-6-14-29-24(19)32(26(22)35)16-18-10-12-20(28)13-11-18/h3-15H,16H2,1-2H3,(H,30,34). The van der Waals surface area contributed by atoms with E-state index in [-0.39, 0.29) is 17.8 Å². The van der Waals surface area contributed by atoms with Crippen LogP contribution >= 0.6 is 11.6 Å². The first-order valence-electron chi connectivity index (χ1n) is 11.2. The average Bonchev–Trinajstić information content (AvgIpc) is 3.10. The fraction of sp³-hybridized carbons (Fsp3) is 0.111. The van der Waals surface area contributed by atoms with E-state index in [1.165, 1.54) is 15.3 Å². The Morgan fingerprint density at radius 1 is 0.972 bits per heavy atom. The van der Waals surface area contributed by atoms with E-state index in [0.717, 1.165) is 5.56 Å². The number of benzene rings is 2. The predicted octanol–water partition coefficient (Wildman–Crippen LogP) is 4.15. The van der Waals surface area contributed by atoms with Gasteiger partial charge in [-0.3, -0.25) is 23.6 Å². The number of aromatic nitrogens is 4. The number of carbonyl (C=O) groups is 1. The number of nitrogens with zero attached hydrogens (tertiary/aromatic N) is 4. The Balaban J connectivity index is 1.58. The number of halogens is 1. The van der Waals surface area contributed by atoms with Gasteiger partial charge >= 0.3 is 0 Å². The highest BCUT2D eigenvalue weighted by atomic mass is 35.5. The molecule has 0 aliphatic carbocycles. The van der Waals surface area contributed by atoms with Crippen molar-refractivity contribution >= 4 is 34.2 Å². The highest BCUT2D eigenvalue weighted by molar-refractivity contribution is 6.30. The summed E-state index contributed by atoms with van der Waals surface area (Å²) in [7, 11) is 1.74. The molecule has 180 valence electrons. The molecule has 5 rings (SSSR count). The van der Waals surface area contributed by atoms with Crippen LogP contribution in [0.4, 0.5) is 5.69 Å². The first-order chi connectivity index (χ1) is 17.3. The molecule has 1 N–H and O–H groups in total. The molecule has 0 aliphatic heterocycles. The molecule has 0 bridgehead atoms. The quantitative estimate of drug-likeness (QED) is 0.393. The smallest absolute Gasteiger partial charge is 0.295 e. The molecule has 0 unspecified atom stereocenters. The maximum absolute atomic E-state index is 13.5. The minimum Gasteiger partial charge on any atom is -0.316 e. The van der Waals surface area contributed by atoms with Gasteiger partial charge < -0.3 is 5.32 Å². The molecule has 2 aromatic carbocycles. The molecule has 0 atom stereocenters. The van der Waals surface area contributed by atoms with E-state index in [2.05, 4.69) is 10.3 Å². The maximum atomic E-state index is 13.5. The van der Waals surface area contributed by atoms with E-state index in [1.807, 2.05) is 30.3 Å². The van der Waals surface area contributed by atoms with Gasteiger partial charge in [-0.25, -0.2) is 9.67 Å². The molecule has 3 aromatic heterocycles. The summed E-state index contributed by atoms with van der Waals surface area (Å²) >= 11 is 6.00. The third kappa shape index (κ3) is 4.12. The van der Waals surface area contributed by atoms with Gasteiger partial charge in [-0.1, -0.05) is 41.9 Å². The van der Waals surface area contributed by atoms with Gasteiger partial charge in [0.1, 0.15) is 16.9 Å². The minimum atomic E-state index is -0.665. The molecule has 5 aromatic rings. The van der Waals surface area contributed by atoms with E-state index in [1.54, 1.807) is 61.2 Å². The SMILES string of the molecule is Cc1c(NC(=O)c2cc3cccnc3n(Cc3ccc(Cl)cc3)c2=O)c(=O)n(-c2ccccc2)n1C. The second-order valence-corrected chi connectivity index (χ2v) is 8.82. The van der Waals surface area contributed by atoms with Crippen molar-refractivity contribution in [2.45, 2.75) is 13.5 Å². The molecule has 36 heavy (non-hydrogen) atoms. The summed E-state index contributed by atoms with van der Waals surface area (Å²) in [6.45, 7) is 1.94. The van der Waals surface area contributed by atoms with Gasteiger partial charge in [-0.05, 0) is 55.0 Å². The van der Waals surface area contributed by atoms with Crippen LogP contribution in [0.1, 0.15) is 21.6 Å². The molecule has 3 heterocycles. The molecule has 8 nitrogen and oxygen atoms in total. The van der Waals surface area contributed by atoms with E-state index >= 15 is 0 Å². The predicted molar refractivity (Wildman–Crippen MR) is 140 cm³/mol. The van der Waals surface area contributed by atoms with Crippen LogP contribution in [0, 0.1) is 6.92 Å². The van der Waals surface area contributed by atoms with Crippen molar-refractivity contribution < 1.29 is 4.79 Å². The number of hydrogen-bond donors (Lipinski definition) is 1. The Labute approximate surface area is 211 Å². The second kappa shape index (κ2) is 9.31. The van der Waals surface area contributed by atoms with Crippen molar-refractivity contribution in [1.29, 1.82) is 0 Å². The lowest BCUT2D eigenvalue weighted by Gasteiger charge is -2.12. The van der Waals surface area contributed by atoms with Crippen molar-refractivity contribution in [2.24, 2.45) is 7.05 Å². The van der Waals surface area contributed by atoms with E-state index in [4.69, 9.17) is 11.6 Å². The summed E-state index contributed by atoms with van der Waals surface area (Å²) < 4.78 is 4.58. The van der Waals surface area contributed by atoms with Gasteiger partial charge in [0, 0.05) is 23.7 Å². The molecule has 0 spiro atoms. The summed E-state index contributed by atoms with van der Waals surface area (Å²) in [6, 6.07) is 21.3. The third-order valence-electron chi connectivity index (χ3n) is 6.14. The van der Waals surface area contributed by atoms with Gasteiger partial charge in [-0.15, -0.1) is 0 Å². The summed E-state index contributed by atoms with van der Waals surface area (Å²) in [6.07, 6.45) is 1.60. The van der Waals surface area contributed by atoms with Crippen molar-refractivity contribution in [3.63, 3.8) is 0 Å². The Bertz CT molecular complexity index is 1720. The van der Waals surface area contributed by atoms with Gasteiger partial charge in [-0.2, -0.15) is 0 Å². The zero-order valence-corrected chi connectivity index (χ0v) is 20.4. The lowest BCUT2D eigenvalue weighted by Crippen LogP contribution is -2.31. The number of rotatable bonds is 5. The van der Waals surface area contributed by atoms with Crippen LogP contribution in [0.3, 0.4) is 0 Å². The van der Waals surface area contributed by atoms with E-state index in [0.29, 0.717) is 27.4 Å². The number of hydrogen-bond acceptors (Lipinski definition) is 4. The monoisotopic (exact) mass is 499 g/mol. The molecule has 0 fully saturated rings. The summed E-state index contributed by atoms with van der Waals surface area (Å²) in [5, 5.41) is 3.90. The number of amides is 1. The average molecular weight is 500 g/mol. The number of anilines is 1. The van der Waals surface area contributed by atoms with Crippen molar-refractivity contribution in [3.05, 3.63) is 122 Å². The van der Waals surface area contributed by atoms with Gasteiger partial charge in [0.25, 0.3) is 17.0 Å². The topological polar surface area (TPSA) is 90.9 Å². The normalized spacial score (nSPS) is 11.1. The van der Waals surface area contributed by atoms with Gasteiger partial charge in [0.15, 0.2) is 0 Å². The first kappa shape index (κ1) is 23.3. The van der Waals surface area contributed by atoms with Crippen LogP contribution in [0.5, 0.6) is 0 Å². The van der Waals surface area contributed by atoms with Crippen molar-refractivity contribution in [3.8, 4) is 5.69 Å². The second-order valence-electron chi connectivity index (χ2n) is 8.38. The highest BCUT2D eigenvalue weighted by Gasteiger charge is 2.22. The molecular formula is C27H22ClN5O3. The largest absolute Gasteiger partial charge is 0.316 e. The Morgan fingerprint density at radius 3 is 2.42 bits per heavy atom. The Kier molecular flexibility index (Phi) is 6.03. The summed E-state index contributed by atoms with van der Waals surface area (Å²) in [4.78, 5) is 44.5. The fourth-order valence-corrected chi connectivity index (χ4v) is 4.31. The maximum Gasteiger partial charge on any atom is 0.295 e. The summed E-state index contributed by atoms with van der Waals surface area (Å²) in [5.74, 6) is -0.665. The first-order valence-corrected chi connectivity index (χ1v) is 11.6. The fourth-order valence-electron chi connectivity index (χ4n) is 4.18. The highest BCUT2D eigenvalue weighted by Crippen LogP contribution is 2.17. The zero-order chi connectivity index (χ0) is 25.4. The number of carbonyl (C=O) groups excluding carboxylic acids is 1. The van der Waals surface area contributed by atoms with Crippen LogP contribution in [-0.4, -0.2) is 24.8 Å². The van der Waals surface area contributed by atoms with Crippen molar-refractivity contribution in [2.75, 3.05) is 5.32 Å². The Morgan fingerprint density at radius 2 is 1.69 bits per heavy atom. The number of pyridine rings is 2. The van der Waals surface area contributed by atoms with Crippen LogP contribution < -0.4 is 16.4 Å². The lowest BCUT2D eigenvalue weighted by atomic mass is 10.1. The molecule has 0 saturated carbocycles. The lowest BCUT2D eigenvalue weighted by molar-refractivity contribution is 0.102. The van der Waals surface area contributed by atoms with Gasteiger partial charge in [0.05, 0.1) is 17.9 Å². The van der Waals surface area contributed by atoms with Crippen LogP contribution in [0.25, 0.3) is 16.7 Å². The van der Waals surface area contributed by atoms with Gasteiger partial charge in [0.2, 0.25) is 0 Å². The molecule has 9 heteroatoms. The third-order valence-corrected chi connectivity index (χ3v) is 6.39. The number of nitrogens with one attached hydrogen (secondary N) is 1. The molecule has 0 radical (unpaired) electrons. The van der Waals surface area contributed by atoms with E-state index in [9.17, 15) is 14.4 Å². The zero-order valence-electron chi connectivity index (χ0n) is 19.6. The molecule has 0 aliphatic rings. The number of para-hydroxylation sites is 1. The Hall–Kier alpha value is -4.43. The minimum absolute atomic E-state index is 0.0848. The van der Waals surface area contributed by atoms with E-state index < -0.39 is 17.0 Å². The van der Waals surface area contributed by atoms with Crippen molar-refractivity contribution in [1.82, 2.24) is 18.9 Å². The van der Waals surface area contributed by atoms with Crippen LogP contribution in [-0.2, 0) is 13.6 Å².